The molecular weight excluding hydrogens is 408 g/mol. The molecule has 26 heavy (non-hydrogen) atoms. The third kappa shape index (κ3) is 3.41. The standard InChI is InChI=1S/C18H8Cl3F3N2/c19-11-4-1-9(2-5-11)15-12(8-25)16(26-17(15)18(22,23)24)10-3-6-13(20)14(21)7-10/h1-7,26H. The highest BCUT2D eigenvalue weighted by Gasteiger charge is 2.38. The molecule has 3 aromatic rings. The monoisotopic (exact) mass is 414 g/mol. The molecule has 0 radical (unpaired) electrons. The molecular formula is C18H8Cl3F3N2. The third-order valence-corrected chi connectivity index (χ3v) is 4.73. The van der Waals surface area contributed by atoms with Crippen LogP contribution in [0.3, 0.4) is 0 Å². The molecule has 0 amide bonds. The summed E-state index contributed by atoms with van der Waals surface area (Å²) < 4.78 is 40.8. The number of nitriles is 1. The van der Waals surface area contributed by atoms with Gasteiger partial charge in [0.2, 0.25) is 0 Å². The topological polar surface area (TPSA) is 39.6 Å². The predicted octanol–water partition coefficient (Wildman–Crippen LogP) is 7.20. The molecule has 0 bridgehead atoms. The number of rotatable bonds is 2. The van der Waals surface area contributed by atoms with Crippen molar-refractivity contribution in [3.63, 3.8) is 0 Å². The van der Waals surface area contributed by atoms with E-state index in [0.29, 0.717) is 10.6 Å². The van der Waals surface area contributed by atoms with Crippen LogP contribution in [0.25, 0.3) is 22.4 Å². The third-order valence-electron chi connectivity index (χ3n) is 3.74. The fourth-order valence-electron chi connectivity index (χ4n) is 2.60. The second-order valence-corrected chi connectivity index (χ2v) is 6.62. The summed E-state index contributed by atoms with van der Waals surface area (Å²) in [6, 6.07) is 12.0. The van der Waals surface area contributed by atoms with Gasteiger partial charge in [-0.1, -0.05) is 53.0 Å². The lowest BCUT2D eigenvalue weighted by atomic mass is 9.98. The Balaban J connectivity index is 2.32. The minimum absolute atomic E-state index is 0.0170. The minimum atomic E-state index is -4.69. The van der Waals surface area contributed by atoms with Gasteiger partial charge in [-0.05, 0) is 29.8 Å². The van der Waals surface area contributed by atoms with E-state index < -0.39 is 11.9 Å². The Hall–Kier alpha value is -2.13. The first-order valence-corrected chi connectivity index (χ1v) is 8.30. The zero-order valence-electron chi connectivity index (χ0n) is 12.8. The lowest BCUT2D eigenvalue weighted by molar-refractivity contribution is -0.140. The van der Waals surface area contributed by atoms with Crippen molar-refractivity contribution in [2.75, 3.05) is 0 Å². The van der Waals surface area contributed by atoms with Crippen LogP contribution in [0.2, 0.25) is 15.1 Å². The molecule has 132 valence electrons. The van der Waals surface area contributed by atoms with Gasteiger partial charge in [0.05, 0.1) is 21.3 Å². The van der Waals surface area contributed by atoms with E-state index in [9.17, 15) is 18.4 Å². The molecule has 0 spiro atoms. The molecule has 2 aromatic carbocycles. The van der Waals surface area contributed by atoms with Crippen LogP contribution in [0.5, 0.6) is 0 Å². The highest BCUT2D eigenvalue weighted by molar-refractivity contribution is 6.42. The Morgan fingerprint density at radius 2 is 1.50 bits per heavy atom. The number of aromatic amines is 1. The van der Waals surface area contributed by atoms with Gasteiger partial charge in [-0.15, -0.1) is 0 Å². The van der Waals surface area contributed by atoms with Crippen molar-refractivity contribution in [3.05, 3.63) is 68.8 Å². The second-order valence-electron chi connectivity index (χ2n) is 5.37. The molecule has 1 aromatic heterocycles. The summed E-state index contributed by atoms with van der Waals surface area (Å²) >= 11 is 17.6. The average Bonchev–Trinajstić information content (AvgIpc) is 2.98. The molecule has 1 N–H and O–H groups in total. The summed E-state index contributed by atoms with van der Waals surface area (Å²) in [6.45, 7) is 0. The van der Waals surface area contributed by atoms with Crippen LogP contribution in [0, 0.1) is 11.3 Å². The zero-order chi connectivity index (χ0) is 19.1. The van der Waals surface area contributed by atoms with Crippen molar-refractivity contribution in [1.82, 2.24) is 4.98 Å². The smallest absolute Gasteiger partial charge is 0.349 e. The van der Waals surface area contributed by atoms with Gasteiger partial charge in [0.25, 0.3) is 0 Å². The SMILES string of the molecule is N#Cc1c(-c2ccc(Cl)c(Cl)c2)[nH]c(C(F)(F)F)c1-c1ccc(Cl)cc1. The van der Waals surface area contributed by atoms with Gasteiger partial charge in [-0.25, -0.2) is 0 Å². The molecule has 0 aliphatic carbocycles. The Morgan fingerprint density at radius 1 is 0.885 bits per heavy atom. The highest BCUT2D eigenvalue weighted by atomic mass is 35.5. The molecule has 8 heteroatoms. The number of aromatic nitrogens is 1. The number of halogens is 6. The number of hydrogen-bond donors (Lipinski definition) is 1. The maximum Gasteiger partial charge on any atom is 0.431 e. The molecule has 0 unspecified atom stereocenters. The molecule has 2 nitrogen and oxygen atoms in total. The van der Waals surface area contributed by atoms with E-state index >= 15 is 0 Å². The van der Waals surface area contributed by atoms with Crippen LogP contribution in [0.4, 0.5) is 13.2 Å². The number of alkyl halides is 3. The van der Waals surface area contributed by atoms with Crippen LogP contribution in [-0.4, -0.2) is 4.98 Å². The van der Waals surface area contributed by atoms with Crippen molar-refractivity contribution in [2.24, 2.45) is 0 Å². The van der Waals surface area contributed by atoms with Crippen molar-refractivity contribution in [3.8, 4) is 28.5 Å². The first-order chi connectivity index (χ1) is 12.2. The Labute approximate surface area is 161 Å². The molecule has 0 fully saturated rings. The van der Waals surface area contributed by atoms with Gasteiger partial charge in [-0.2, -0.15) is 18.4 Å². The van der Waals surface area contributed by atoms with Crippen molar-refractivity contribution in [2.45, 2.75) is 6.18 Å². The Bertz CT molecular complexity index is 1020. The van der Waals surface area contributed by atoms with Crippen LogP contribution in [-0.2, 0) is 6.18 Å². The number of benzene rings is 2. The van der Waals surface area contributed by atoms with E-state index in [1.165, 1.54) is 42.5 Å². The van der Waals surface area contributed by atoms with Crippen LogP contribution in [0.1, 0.15) is 11.3 Å². The predicted molar refractivity (Wildman–Crippen MR) is 96.4 cm³/mol. The fraction of sp³-hybridized carbons (Fsp3) is 0.0556. The minimum Gasteiger partial charge on any atom is -0.349 e. The molecule has 0 aliphatic rings. The molecule has 0 saturated heterocycles. The van der Waals surface area contributed by atoms with E-state index in [1.807, 2.05) is 6.07 Å². The van der Waals surface area contributed by atoms with Crippen LogP contribution >= 0.6 is 34.8 Å². The number of H-pyrrole nitrogens is 1. The normalized spacial score (nSPS) is 11.4. The van der Waals surface area contributed by atoms with E-state index in [2.05, 4.69) is 4.98 Å². The van der Waals surface area contributed by atoms with Crippen molar-refractivity contribution >= 4 is 34.8 Å². The quantitative estimate of drug-likeness (QED) is 0.472. The first-order valence-electron chi connectivity index (χ1n) is 7.17. The number of hydrogen-bond acceptors (Lipinski definition) is 1. The van der Waals surface area contributed by atoms with Crippen molar-refractivity contribution in [1.29, 1.82) is 5.26 Å². The van der Waals surface area contributed by atoms with Gasteiger partial charge in [0.1, 0.15) is 11.8 Å². The maximum atomic E-state index is 13.6. The van der Waals surface area contributed by atoms with Gasteiger partial charge in [-0.3, -0.25) is 0 Å². The highest BCUT2D eigenvalue weighted by Crippen LogP contribution is 2.43. The van der Waals surface area contributed by atoms with Crippen LogP contribution in [0.15, 0.2) is 42.5 Å². The lowest BCUT2D eigenvalue weighted by Gasteiger charge is -2.08. The molecule has 0 saturated carbocycles. The second kappa shape index (κ2) is 6.88. The van der Waals surface area contributed by atoms with Gasteiger partial charge in [0.15, 0.2) is 0 Å². The van der Waals surface area contributed by atoms with Crippen LogP contribution < -0.4 is 0 Å². The van der Waals surface area contributed by atoms with Gasteiger partial charge < -0.3 is 4.98 Å². The van der Waals surface area contributed by atoms with E-state index in [-0.39, 0.29) is 32.4 Å². The fourth-order valence-corrected chi connectivity index (χ4v) is 3.02. The molecule has 1 heterocycles. The van der Waals surface area contributed by atoms with Gasteiger partial charge >= 0.3 is 6.18 Å². The molecule has 3 rings (SSSR count). The number of nitrogens with one attached hydrogen (secondary N) is 1. The summed E-state index contributed by atoms with van der Waals surface area (Å²) in [4.78, 5) is 2.34. The Morgan fingerprint density at radius 3 is 2.04 bits per heavy atom. The summed E-state index contributed by atoms with van der Waals surface area (Å²) in [5, 5.41) is 10.4. The number of nitrogens with zero attached hydrogens (tertiary/aromatic N) is 1. The first kappa shape index (κ1) is 18.7. The summed E-state index contributed by atoms with van der Waals surface area (Å²) in [5.41, 5.74) is -0.834. The summed E-state index contributed by atoms with van der Waals surface area (Å²) in [6.07, 6.45) is -4.69. The largest absolute Gasteiger partial charge is 0.431 e. The zero-order valence-corrected chi connectivity index (χ0v) is 15.0. The lowest BCUT2D eigenvalue weighted by Crippen LogP contribution is -2.07. The van der Waals surface area contributed by atoms with Gasteiger partial charge in [0, 0.05) is 16.1 Å². The van der Waals surface area contributed by atoms with E-state index in [1.54, 1.807) is 0 Å². The van der Waals surface area contributed by atoms with E-state index in [0.717, 1.165) is 0 Å². The molecule has 0 atom stereocenters. The van der Waals surface area contributed by atoms with E-state index in [4.69, 9.17) is 34.8 Å². The summed E-state index contributed by atoms with van der Waals surface area (Å²) in [7, 11) is 0. The summed E-state index contributed by atoms with van der Waals surface area (Å²) in [5.74, 6) is 0. The Kier molecular flexibility index (Phi) is 4.94. The maximum absolute atomic E-state index is 13.6. The average molecular weight is 416 g/mol. The molecule has 0 aliphatic heterocycles. The van der Waals surface area contributed by atoms with Crippen molar-refractivity contribution < 1.29 is 13.2 Å².